The SMILES string of the molecule is NCCC[C@@H](N)C(=O)OCN. The van der Waals surface area contributed by atoms with Gasteiger partial charge in [-0.2, -0.15) is 0 Å². The molecule has 0 aromatic rings. The lowest BCUT2D eigenvalue weighted by atomic mass is 10.2. The van der Waals surface area contributed by atoms with Gasteiger partial charge < -0.3 is 16.2 Å². The molecule has 0 aliphatic rings. The number of carbonyl (C=O) groups excluding carboxylic acids is 1. The average molecular weight is 161 g/mol. The van der Waals surface area contributed by atoms with Crippen molar-refractivity contribution in [2.24, 2.45) is 17.2 Å². The van der Waals surface area contributed by atoms with Gasteiger partial charge in [0, 0.05) is 0 Å². The highest BCUT2D eigenvalue weighted by molar-refractivity contribution is 5.75. The van der Waals surface area contributed by atoms with Crippen molar-refractivity contribution >= 4 is 5.97 Å². The van der Waals surface area contributed by atoms with Crippen LogP contribution in [-0.4, -0.2) is 25.3 Å². The number of hydrogen-bond acceptors (Lipinski definition) is 5. The van der Waals surface area contributed by atoms with Crippen LogP contribution in [0, 0.1) is 0 Å². The first-order valence-electron chi connectivity index (χ1n) is 3.54. The van der Waals surface area contributed by atoms with E-state index in [4.69, 9.17) is 17.2 Å². The molecule has 0 amide bonds. The van der Waals surface area contributed by atoms with Gasteiger partial charge in [-0.25, -0.2) is 0 Å². The Balaban J connectivity index is 3.46. The van der Waals surface area contributed by atoms with E-state index in [-0.39, 0.29) is 6.73 Å². The van der Waals surface area contributed by atoms with Crippen LogP contribution >= 0.6 is 0 Å². The molecule has 66 valence electrons. The van der Waals surface area contributed by atoms with Gasteiger partial charge in [0.15, 0.2) is 0 Å². The van der Waals surface area contributed by atoms with Crippen molar-refractivity contribution in [2.75, 3.05) is 13.3 Å². The molecule has 0 bridgehead atoms. The van der Waals surface area contributed by atoms with Crippen LogP contribution in [0.1, 0.15) is 12.8 Å². The Labute approximate surface area is 65.9 Å². The van der Waals surface area contributed by atoms with E-state index in [0.29, 0.717) is 13.0 Å². The number of esters is 1. The summed E-state index contributed by atoms with van der Waals surface area (Å²) in [6.07, 6.45) is 1.27. The summed E-state index contributed by atoms with van der Waals surface area (Å²) in [5.74, 6) is -0.457. The molecule has 0 radical (unpaired) electrons. The van der Waals surface area contributed by atoms with Crippen LogP contribution in [0.4, 0.5) is 0 Å². The van der Waals surface area contributed by atoms with Crippen molar-refractivity contribution in [3.63, 3.8) is 0 Å². The average Bonchev–Trinajstić information content (AvgIpc) is 2.00. The van der Waals surface area contributed by atoms with Crippen LogP contribution in [0.25, 0.3) is 0 Å². The molecule has 0 aliphatic heterocycles. The number of ether oxygens (including phenoxy) is 1. The van der Waals surface area contributed by atoms with Crippen LogP contribution < -0.4 is 17.2 Å². The summed E-state index contributed by atoms with van der Waals surface area (Å²) in [7, 11) is 0. The molecule has 0 aliphatic carbocycles. The Morgan fingerprint density at radius 1 is 1.45 bits per heavy atom. The molecule has 0 aromatic carbocycles. The fourth-order valence-corrected chi connectivity index (χ4v) is 0.645. The third kappa shape index (κ3) is 4.72. The van der Waals surface area contributed by atoms with E-state index >= 15 is 0 Å². The van der Waals surface area contributed by atoms with Crippen molar-refractivity contribution in [1.82, 2.24) is 0 Å². The molecule has 5 heteroatoms. The van der Waals surface area contributed by atoms with Crippen LogP contribution in [0.15, 0.2) is 0 Å². The Hall–Kier alpha value is -0.650. The second-order valence-electron chi connectivity index (χ2n) is 2.17. The fourth-order valence-electron chi connectivity index (χ4n) is 0.645. The molecular weight excluding hydrogens is 146 g/mol. The van der Waals surface area contributed by atoms with Gasteiger partial charge in [-0.05, 0) is 19.4 Å². The highest BCUT2D eigenvalue weighted by atomic mass is 16.5. The van der Waals surface area contributed by atoms with Gasteiger partial charge in [-0.15, -0.1) is 0 Å². The maximum atomic E-state index is 10.8. The Bertz CT molecular complexity index is 118. The zero-order chi connectivity index (χ0) is 8.69. The monoisotopic (exact) mass is 161 g/mol. The van der Waals surface area contributed by atoms with Gasteiger partial charge in [0.05, 0.1) is 0 Å². The lowest BCUT2D eigenvalue weighted by molar-refractivity contribution is -0.145. The first kappa shape index (κ1) is 10.3. The predicted octanol–water partition coefficient (Wildman–Crippen LogP) is -1.49. The zero-order valence-corrected chi connectivity index (χ0v) is 6.45. The maximum absolute atomic E-state index is 10.8. The van der Waals surface area contributed by atoms with Gasteiger partial charge in [0.2, 0.25) is 0 Å². The van der Waals surface area contributed by atoms with Crippen molar-refractivity contribution in [2.45, 2.75) is 18.9 Å². The summed E-state index contributed by atoms with van der Waals surface area (Å²) in [6.45, 7) is 0.415. The third-order valence-electron chi connectivity index (χ3n) is 1.25. The van der Waals surface area contributed by atoms with Crippen LogP contribution in [0.3, 0.4) is 0 Å². The molecule has 0 aromatic heterocycles. The Kier molecular flexibility index (Phi) is 5.73. The second-order valence-corrected chi connectivity index (χ2v) is 2.17. The van der Waals surface area contributed by atoms with Gasteiger partial charge in [-0.3, -0.25) is 10.5 Å². The topological polar surface area (TPSA) is 104 Å². The molecule has 0 fully saturated rings. The summed E-state index contributed by atoms with van der Waals surface area (Å²) in [6, 6.07) is -0.581. The molecule has 11 heavy (non-hydrogen) atoms. The van der Waals surface area contributed by atoms with E-state index in [1.807, 2.05) is 0 Å². The van der Waals surface area contributed by atoms with Gasteiger partial charge in [-0.1, -0.05) is 0 Å². The summed E-state index contributed by atoms with van der Waals surface area (Å²) in [5.41, 5.74) is 15.6. The van der Waals surface area contributed by atoms with Crippen molar-refractivity contribution in [3.05, 3.63) is 0 Å². The fraction of sp³-hybridized carbons (Fsp3) is 0.833. The van der Waals surface area contributed by atoms with E-state index < -0.39 is 12.0 Å². The van der Waals surface area contributed by atoms with E-state index in [0.717, 1.165) is 6.42 Å². The molecule has 0 saturated carbocycles. The highest BCUT2D eigenvalue weighted by Crippen LogP contribution is 1.94. The lowest BCUT2D eigenvalue weighted by Crippen LogP contribution is -2.34. The first-order chi connectivity index (χ1) is 5.22. The number of rotatable bonds is 5. The molecule has 0 saturated heterocycles. The quantitative estimate of drug-likeness (QED) is 0.336. The largest absolute Gasteiger partial charge is 0.449 e. The van der Waals surface area contributed by atoms with E-state index in [1.165, 1.54) is 0 Å². The summed E-state index contributed by atoms with van der Waals surface area (Å²) in [4.78, 5) is 10.8. The molecule has 5 nitrogen and oxygen atoms in total. The first-order valence-corrected chi connectivity index (χ1v) is 3.54. The lowest BCUT2D eigenvalue weighted by Gasteiger charge is -2.08. The van der Waals surface area contributed by atoms with Crippen molar-refractivity contribution < 1.29 is 9.53 Å². The number of nitrogens with two attached hydrogens (primary N) is 3. The molecule has 0 unspecified atom stereocenters. The van der Waals surface area contributed by atoms with E-state index in [2.05, 4.69) is 4.74 Å². The molecule has 0 heterocycles. The summed E-state index contributed by atoms with van der Waals surface area (Å²) >= 11 is 0. The molecule has 1 atom stereocenters. The maximum Gasteiger partial charge on any atom is 0.324 e. The normalized spacial score (nSPS) is 12.6. The van der Waals surface area contributed by atoms with Gasteiger partial charge in [0.1, 0.15) is 12.8 Å². The molecule has 0 spiro atoms. The Morgan fingerprint density at radius 3 is 2.55 bits per heavy atom. The minimum Gasteiger partial charge on any atom is -0.449 e. The third-order valence-corrected chi connectivity index (χ3v) is 1.25. The molecule has 6 N–H and O–H groups in total. The standard InChI is InChI=1S/C6H15N3O2/c7-3-1-2-5(9)6(10)11-4-8/h5H,1-4,7-9H2/t5-/m1/s1. The molecular formula is C6H15N3O2. The number of carbonyl (C=O) groups is 1. The smallest absolute Gasteiger partial charge is 0.324 e. The molecule has 0 rings (SSSR count). The predicted molar refractivity (Wildman–Crippen MR) is 41.4 cm³/mol. The second kappa shape index (κ2) is 6.09. The zero-order valence-electron chi connectivity index (χ0n) is 6.45. The van der Waals surface area contributed by atoms with Crippen LogP contribution in [0.2, 0.25) is 0 Å². The van der Waals surface area contributed by atoms with Crippen molar-refractivity contribution in [3.8, 4) is 0 Å². The number of hydrogen-bond donors (Lipinski definition) is 3. The van der Waals surface area contributed by atoms with Crippen LogP contribution in [0.5, 0.6) is 0 Å². The highest BCUT2D eigenvalue weighted by Gasteiger charge is 2.12. The minimum atomic E-state index is -0.581. The summed E-state index contributed by atoms with van der Waals surface area (Å²) < 4.78 is 4.47. The van der Waals surface area contributed by atoms with Gasteiger partial charge in [0.25, 0.3) is 0 Å². The van der Waals surface area contributed by atoms with E-state index in [9.17, 15) is 4.79 Å². The van der Waals surface area contributed by atoms with E-state index in [1.54, 1.807) is 0 Å². The Morgan fingerprint density at radius 2 is 2.09 bits per heavy atom. The minimum absolute atomic E-state index is 0.116. The summed E-state index contributed by atoms with van der Waals surface area (Å²) in [5, 5.41) is 0. The van der Waals surface area contributed by atoms with Crippen LogP contribution in [-0.2, 0) is 9.53 Å². The van der Waals surface area contributed by atoms with Crippen molar-refractivity contribution in [1.29, 1.82) is 0 Å². The van der Waals surface area contributed by atoms with Gasteiger partial charge >= 0.3 is 5.97 Å².